The number of rotatable bonds is 5. The zero-order chi connectivity index (χ0) is 16.1. The molecular weight excluding hydrogens is 288 g/mol. The molecule has 2 aliphatic carbocycles. The van der Waals surface area contributed by atoms with Crippen molar-refractivity contribution in [2.24, 2.45) is 11.3 Å². The first kappa shape index (κ1) is 17.2. The number of piperidine rings is 1. The van der Waals surface area contributed by atoms with Gasteiger partial charge in [-0.25, -0.2) is 0 Å². The van der Waals surface area contributed by atoms with Crippen molar-refractivity contribution in [1.82, 2.24) is 10.2 Å². The van der Waals surface area contributed by atoms with Crippen LogP contribution in [-0.4, -0.2) is 50.2 Å². The summed E-state index contributed by atoms with van der Waals surface area (Å²) in [4.78, 5) is 14.7. The second-order valence-electron chi connectivity index (χ2n) is 8.10. The third kappa shape index (κ3) is 4.27. The zero-order valence-electron chi connectivity index (χ0n) is 14.8. The molecule has 0 aromatic rings. The molecule has 0 aromatic heterocycles. The minimum Gasteiger partial charge on any atom is -0.381 e. The van der Waals surface area contributed by atoms with Crippen molar-refractivity contribution >= 4 is 5.91 Å². The molecule has 0 bridgehead atoms. The molecule has 132 valence electrons. The molecule has 3 rings (SSSR count). The molecule has 3 aliphatic rings. The monoisotopic (exact) mass is 322 g/mol. The van der Waals surface area contributed by atoms with Gasteiger partial charge in [-0.05, 0) is 51.0 Å². The number of ether oxygens (including phenoxy) is 1. The molecule has 3 fully saturated rings. The average Bonchev–Trinajstić information content (AvgIpc) is 2.95. The van der Waals surface area contributed by atoms with Gasteiger partial charge in [0.05, 0.1) is 12.6 Å². The summed E-state index contributed by atoms with van der Waals surface area (Å²) in [7, 11) is 1.85. The van der Waals surface area contributed by atoms with Gasteiger partial charge in [0, 0.05) is 25.6 Å². The lowest BCUT2D eigenvalue weighted by atomic mass is 9.76. The Morgan fingerprint density at radius 3 is 2.70 bits per heavy atom. The van der Waals surface area contributed by atoms with Crippen molar-refractivity contribution in [3.8, 4) is 0 Å². The summed E-state index contributed by atoms with van der Waals surface area (Å²) in [5.74, 6) is 0.938. The molecule has 4 nitrogen and oxygen atoms in total. The molecule has 2 atom stereocenters. The van der Waals surface area contributed by atoms with E-state index in [1.54, 1.807) is 0 Å². The highest BCUT2D eigenvalue weighted by Gasteiger charge is 2.45. The molecule has 1 heterocycles. The van der Waals surface area contributed by atoms with Gasteiger partial charge in [0.2, 0.25) is 5.91 Å². The van der Waals surface area contributed by atoms with Crippen LogP contribution in [0.3, 0.4) is 0 Å². The van der Waals surface area contributed by atoms with Crippen LogP contribution in [0.5, 0.6) is 0 Å². The summed E-state index contributed by atoms with van der Waals surface area (Å²) in [6.45, 7) is 3.57. The molecule has 1 N–H and O–H groups in total. The van der Waals surface area contributed by atoms with Gasteiger partial charge >= 0.3 is 0 Å². The van der Waals surface area contributed by atoms with Crippen molar-refractivity contribution in [2.45, 2.75) is 70.3 Å². The highest BCUT2D eigenvalue weighted by Crippen LogP contribution is 2.46. The summed E-state index contributed by atoms with van der Waals surface area (Å²) in [6, 6.07) is 0. The largest absolute Gasteiger partial charge is 0.381 e. The van der Waals surface area contributed by atoms with Crippen LogP contribution >= 0.6 is 0 Å². The maximum absolute atomic E-state index is 12.3. The van der Waals surface area contributed by atoms with Crippen molar-refractivity contribution in [2.75, 3.05) is 33.3 Å². The number of carbonyl (C=O) groups excluding carboxylic acids is 1. The van der Waals surface area contributed by atoms with Crippen molar-refractivity contribution in [3.63, 3.8) is 0 Å². The van der Waals surface area contributed by atoms with E-state index in [4.69, 9.17) is 4.74 Å². The number of methoxy groups -OCH3 is 1. The lowest BCUT2D eigenvalue weighted by Gasteiger charge is -2.43. The fraction of sp³-hybridized carbons (Fsp3) is 0.947. The lowest BCUT2D eigenvalue weighted by Crippen LogP contribution is -2.50. The third-order valence-corrected chi connectivity index (χ3v) is 6.48. The van der Waals surface area contributed by atoms with Crippen LogP contribution in [0.4, 0.5) is 0 Å². The number of nitrogens with one attached hydrogen (secondary N) is 1. The van der Waals surface area contributed by atoms with Gasteiger partial charge in [-0.15, -0.1) is 0 Å². The van der Waals surface area contributed by atoms with Gasteiger partial charge in [0.25, 0.3) is 0 Å². The SMILES string of the molecule is CO[C@@H]1CCC[C@@]12CCCN(CC(=O)NCC1CCCCC1)C2. The van der Waals surface area contributed by atoms with Gasteiger partial charge in [-0.1, -0.05) is 25.7 Å². The van der Waals surface area contributed by atoms with E-state index in [1.165, 1.54) is 64.2 Å². The van der Waals surface area contributed by atoms with Gasteiger partial charge < -0.3 is 10.1 Å². The fourth-order valence-corrected chi connectivity index (χ4v) is 5.24. The Hall–Kier alpha value is -0.610. The Bertz CT molecular complexity index is 395. The van der Waals surface area contributed by atoms with Gasteiger partial charge in [-0.2, -0.15) is 0 Å². The molecule has 1 aliphatic heterocycles. The molecule has 1 saturated heterocycles. The first-order chi connectivity index (χ1) is 11.2. The summed E-state index contributed by atoms with van der Waals surface area (Å²) < 4.78 is 5.76. The topological polar surface area (TPSA) is 41.6 Å². The standard InChI is InChI=1S/C19H34N2O2/c1-23-17-9-5-10-19(17)11-6-12-21(15-19)14-18(22)20-13-16-7-3-2-4-8-16/h16-17H,2-15H2,1H3,(H,20,22)/t17-,19+/m1/s1. The summed E-state index contributed by atoms with van der Waals surface area (Å²) in [5.41, 5.74) is 0.316. The number of likely N-dealkylation sites (tertiary alicyclic amines) is 1. The lowest BCUT2D eigenvalue weighted by molar-refractivity contribution is -0.124. The molecule has 2 saturated carbocycles. The normalized spacial score (nSPS) is 33.2. The second-order valence-corrected chi connectivity index (χ2v) is 8.10. The Kier molecular flexibility index (Phi) is 5.97. The molecule has 23 heavy (non-hydrogen) atoms. The van der Waals surface area contributed by atoms with E-state index in [9.17, 15) is 4.79 Å². The van der Waals surface area contributed by atoms with Crippen LogP contribution in [-0.2, 0) is 9.53 Å². The first-order valence-corrected chi connectivity index (χ1v) is 9.74. The average molecular weight is 322 g/mol. The molecule has 0 aromatic carbocycles. The second kappa shape index (κ2) is 7.98. The predicted molar refractivity (Wildman–Crippen MR) is 92.3 cm³/mol. The van der Waals surface area contributed by atoms with Crippen LogP contribution in [0.25, 0.3) is 0 Å². The van der Waals surface area contributed by atoms with Crippen LogP contribution in [0.15, 0.2) is 0 Å². The Morgan fingerprint density at radius 1 is 1.13 bits per heavy atom. The van der Waals surface area contributed by atoms with Crippen molar-refractivity contribution < 1.29 is 9.53 Å². The van der Waals surface area contributed by atoms with E-state index in [0.717, 1.165) is 19.6 Å². The van der Waals surface area contributed by atoms with E-state index < -0.39 is 0 Å². The zero-order valence-corrected chi connectivity index (χ0v) is 14.8. The Morgan fingerprint density at radius 2 is 1.91 bits per heavy atom. The number of nitrogens with zero attached hydrogens (tertiary/aromatic N) is 1. The third-order valence-electron chi connectivity index (χ3n) is 6.48. The van der Waals surface area contributed by atoms with Gasteiger partial charge in [0.1, 0.15) is 0 Å². The molecule has 0 radical (unpaired) electrons. The van der Waals surface area contributed by atoms with E-state index in [2.05, 4.69) is 10.2 Å². The van der Waals surface area contributed by atoms with Gasteiger partial charge in [0.15, 0.2) is 0 Å². The maximum Gasteiger partial charge on any atom is 0.234 e. The number of amides is 1. The van der Waals surface area contributed by atoms with Crippen molar-refractivity contribution in [3.05, 3.63) is 0 Å². The first-order valence-electron chi connectivity index (χ1n) is 9.74. The number of hydrogen-bond acceptors (Lipinski definition) is 3. The minimum absolute atomic E-state index is 0.222. The molecule has 4 heteroatoms. The fourth-order valence-electron chi connectivity index (χ4n) is 5.24. The minimum atomic E-state index is 0.222. The van der Waals surface area contributed by atoms with Crippen LogP contribution < -0.4 is 5.32 Å². The van der Waals surface area contributed by atoms with E-state index in [0.29, 0.717) is 24.0 Å². The smallest absolute Gasteiger partial charge is 0.234 e. The highest BCUT2D eigenvalue weighted by atomic mass is 16.5. The van der Waals surface area contributed by atoms with Gasteiger partial charge in [-0.3, -0.25) is 9.69 Å². The summed E-state index contributed by atoms with van der Waals surface area (Å²) in [6.07, 6.45) is 13.3. The predicted octanol–water partition coefficient (Wildman–Crippen LogP) is 2.96. The summed E-state index contributed by atoms with van der Waals surface area (Å²) in [5, 5.41) is 3.19. The van der Waals surface area contributed by atoms with Crippen LogP contribution in [0.1, 0.15) is 64.2 Å². The maximum atomic E-state index is 12.3. The number of carbonyl (C=O) groups is 1. The Labute approximate surface area is 141 Å². The molecular formula is C19H34N2O2. The molecule has 1 amide bonds. The molecule has 0 unspecified atom stereocenters. The van der Waals surface area contributed by atoms with E-state index in [-0.39, 0.29) is 5.91 Å². The number of hydrogen-bond donors (Lipinski definition) is 1. The van der Waals surface area contributed by atoms with Crippen molar-refractivity contribution in [1.29, 1.82) is 0 Å². The van der Waals surface area contributed by atoms with Crippen LogP contribution in [0, 0.1) is 11.3 Å². The molecule has 1 spiro atoms. The van der Waals surface area contributed by atoms with E-state index >= 15 is 0 Å². The summed E-state index contributed by atoms with van der Waals surface area (Å²) >= 11 is 0. The quantitative estimate of drug-likeness (QED) is 0.846. The van der Waals surface area contributed by atoms with Crippen LogP contribution in [0.2, 0.25) is 0 Å². The van der Waals surface area contributed by atoms with E-state index in [1.807, 2.05) is 7.11 Å². The highest BCUT2D eigenvalue weighted by molar-refractivity contribution is 5.78. The Balaban J connectivity index is 1.44.